The number of thiophene rings is 1. The van der Waals surface area contributed by atoms with Crippen molar-refractivity contribution in [3.63, 3.8) is 0 Å². The first kappa shape index (κ1) is 9.55. The number of benzene rings is 1. The molecular weight excluding hydrogens is 216 g/mol. The number of carbonyl (C=O) groups excluding carboxylic acids is 1. The van der Waals surface area contributed by atoms with Gasteiger partial charge >= 0.3 is 0 Å². The summed E-state index contributed by atoms with van der Waals surface area (Å²) >= 11 is 3.28. The number of rotatable bonds is 2. The Labute approximate surface area is 89.6 Å². The van der Waals surface area contributed by atoms with Crippen LogP contribution in [0.15, 0.2) is 22.4 Å². The van der Waals surface area contributed by atoms with E-state index in [-0.39, 0.29) is 5.75 Å². The van der Waals surface area contributed by atoms with Crippen LogP contribution >= 0.6 is 23.1 Å². The molecule has 2 aromatic rings. The van der Waals surface area contributed by atoms with Crippen LogP contribution in [-0.4, -0.2) is 17.6 Å². The molecule has 14 heavy (non-hydrogen) atoms. The third kappa shape index (κ3) is 1.51. The number of phenols is 1. The highest BCUT2D eigenvalue weighted by molar-refractivity contribution is 8.00. The van der Waals surface area contributed by atoms with Gasteiger partial charge in [-0.25, -0.2) is 0 Å². The van der Waals surface area contributed by atoms with E-state index in [1.807, 2.05) is 12.3 Å². The number of thioether (sulfide) groups is 1. The molecule has 0 amide bonds. The lowest BCUT2D eigenvalue weighted by Gasteiger charge is -1.95. The topological polar surface area (TPSA) is 37.3 Å². The van der Waals surface area contributed by atoms with Crippen molar-refractivity contribution in [3.05, 3.63) is 23.8 Å². The fourth-order valence-corrected chi connectivity index (χ4v) is 2.92. The van der Waals surface area contributed by atoms with E-state index in [2.05, 4.69) is 0 Å². The lowest BCUT2D eigenvalue weighted by Crippen LogP contribution is -1.79. The minimum Gasteiger partial charge on any atom is -0.507 e. The molecule has 4 heteroatoms. The molecule has 0 atom stereocenters. The Morgan fingerprint density at radius 1 is 1.43 bits per heavy atom. The molecule has 2 rings (SSSR count). The molecule has 1 N–H and O–H groups in total. The number of aromatic hydroxyl groups is 1. The Bertz CT molecular complexity index is 488. The maximum absolute atomic E-state index is 10.6. The van der Waals surface area contributed by atoms with Crippen LogP contribution in [0.2, 0.25) is 0 Å². The fraction of sp³-hybridized carbons (Fsp3) is 0.100. The molecule has 0 unspecified atom stereocenters. The van der Waals surface area contributed by atoms with E-state index >= 15 is 0 Å². The predicted molar refractivity (Wildman–Crippen MR) is 60.7 cm³/mol. The zero-order chi connectivity index (χ0) is 10.1. The third-order valence-electron chi connectivity index (χ3n) is 1.97. The van der Waals surface area contributed by atoms with Gasteiger partial charge < -0.3 is 5.11 Å². The number of fused-ring (bicyclic) bond motifs is 1. The quantitative estimate of drug-likeness (QED) is 0.629. The summed E-state index contributed by atoms with van der Waals surface area (Å²) in [6.45, 7) is 0. The zero-order valence-electron chi connectivity index (χ0n) is 7.48. The summed E-state index contributed by atoms with van der Waals surface area (Å²) < 4.78 is 2.19. The minimum absolute atomic E-state index is 0.0574. The lowest BCUT2D eigenvalue weighted by molar-refractivity contribution is 0.112. The normalized spacial score (nSPS) is 10.6. The molecule has 0 radical (unpaired) electrons. The summed E-state index contributed by atoms with van der Waals surface area (Å²) in [6.07, 6.45) is 2.68. The van der Waals surface area contributed by atoms with Crippen molar-refractivity contribution in [1.29, 1.82) is 0 Å². The van der Waals surface area contributed by atoms with Gasteiger partial charge in [-0.1, -0.05) is 0 Å². The molecule has 2 nitrogen and oxygen atoms in total. The van der Waals surface area contributed by atoms with E-state index < -0.39 is 0 Å². The fourth-order valence-electron chi connectivity index (χ4n) is 1.26. The number of carbonyl (C=O) groups is 1. The van der Waals surface area contributed by atoms with Crippen LogP contribution in [0.25, 0.3) is 10.1 Å². The maximum Gasteiger partial charge on any atom is 0.153 e. The van der Waals surface area contributed by atoms with Gasteiger partial charge in [-0.15, -0.1) is 23.1 Å². The van der Waals surface area contributed by atoms with Crippen molar-refractivity contribution >= 4 is 39.5 Å². The number of aldehydes is 1. The molecule has 1 aromatic carbocycles. The van der Waals surface area contributed by atoms with Gasteiger partial charge in [-0.2, -0.15) is 0 Å². The van der Waals surface area contributed by atoms with Crippen molar-refractivity contribution < 1.29 is 9.90 Å². The van der Waals surface area contributed by atoms with Gasteiger partial charge in [0.15, 0.2) is 6.29 Å². The molecule has 0 aliphatic heterocycles. The number of hydrogen-bond donors (Lipinski definition) is 1. The largest absolute Gasteiger partial charge is 0.507 e. The highest BCUT2D eigenvalue weighted by Crippen LogP contribution is 2.34. The average molecular weight is 224 g/mol. The van der Waals surface area contributed by atoms with Crippen LogP contribution in [0.1, 0.15) is 10.4 Å². The summed E-state index contributed by atoms with van der Waals surface area (Å²) in [5, 5.41) is 10.5. The minimum atomic E-state index is 0.0574. The summed E-state index contributed by atoms with van der Waals surface area (Å²) in [5.41, 5.74) is 0.350. The van der Waals surface area contributed by atoms with Crippen molar-refractivity contribution in [1.82, 2.24) is 0 Å². The Morgan fingerprint density at radius 2 is 2.21 bits per heavy atom. The van der Waals surface area contributed by atoms with Crippen LogP contribution in [0, 0.1) is 0 Å². The molecule has 1 heterocycles. The van der Waals surface area contributed by atoms with E-state index in [0.717, 1.165) is 10.1 Å². The van der Waals surface area contributed by atoms with E-state index in [4.69, 9.17) is 0 Å². The van der Waals surface area contributed by atoms with Crippen molar-refractivity contribution in [2.45, 2.75) is 4.21 Å². The van der Waals surface area contributed by atoms with Gasteiger partial charge in [0, 0.05) is 4.70 Å². The summed E-state index contributed by atoms with van der Waals surface area (Å²) in [6, 6.07) is 5.38. The second-order valence-corrected chi connectivity index (χ2v) is 5.03. The second-order valence-electron chi connectivity index (χ2n) is 2.84. The van der Waals surface area contributed by atoms with Gasteiger partial charge in [-0.3, -0.25) is 4.79 Å². The van der Waals surface area contributed by atoms with Crippen LogP contribution in [-0.2, 0) is 0 Å². The highest BCUT2D eigenvalue weighted by atomic mass is 32.2. The Balaban J connectivity index is 2.69. The van der Waals surface area contributed by atoms with Crippen LogP contribution in [0.5, 0.6) is 5.75 Å². The van der Waals surface area contributed by atoms with Crippen LogP contribution in [0.3, 0.4) is 0 Å². The third-order valence-corrected chi connectivity index (χ3v) is 4.13. The smallest absolute Gasteiger partial charge is 0.153 e. The number of phenolic OH excluding ortho intramolecular Hbond substituents is 1. The standard InChI is InChI=1S/C10H8O2S2/c1-13-10-3-6-2-7(5-11)8(12)4-9(6)14-10/h2-5,12H,1H3. The van der Waals surface area contributed by atoms with Crippen molar-refractivity contribution in [3.8, 4) is 5.75 Å². The van der Waals surface area contributed by atoms with E-state index in [1.165, 1.54) is 4.21 Å². The molecule has 0 bridgehead atoms. The van der Waals surface area contributed by atoms with Crippen molar-refractivity contribution in [2.24, 2.45) is 0 Å². The van der Waals surface area contributed by atoms with Crippen LogP contribution in [0.4, 0.5) is 0 Å². The zero-order valence-corrected chi connectivity index (χ0v) is 9.11. The first-order valence-electron chi connectivity index (χ1n) is 4.00. The van der Waals surface area contributed by atoms with Gasteiger partial charge in [0.2, 0.25) is 0 Å². The molecular formula is C10H8O2S2. The van der Waals surface area contributed by atoms with Gasteiger partial charge in [0.05, 0.1) is 9.77 Å². The predicted octanol–water partition coefficient (Wildman–Crippen LogP) is 3.14. The molecule has 0 aliphatic carbocycles. The van der Waals surface area contributed by atoms with Gasteiger partial charge in [0.1, 0.15) is 5.75 Å². The summed E-state index contributed by atoms with van der Waals surface area (Å²) in [7, 11) is 0. The SMILES string of the molecule is CSc1cc2cc(C=O)c(O)cc2s1. The summed E-state index contributed by atoms with van der Waals surface area (Å²) in [4.78, 5) is 10.6. The Kier molecular flexibility index (Phi) is 2.48. The molecule has 72 valence electrons. The number of hydrogen-bond acceptors (Lipinski definition) is 4. The molecule has 0 aliphatic rings. The second kappa shape index (κ2) is 3.63. The lowest BCUT2D eigenvalue weighted by atomic mass is 10.1. The van der Waals surface area contributed by atoms with Gasteiger partial charge in [-0.05, 0) is 29.8 Å². The molecule has 0 fully saturated rings. The summed E-state index contributed by atoms with van der Waals surface area (Å²) in [5.74, 6) is 0.0574. The first-order valence-corrected chi connectivity index (χ1v) is 6.04. The molecule has 0 saturated carbocycles. The van der Waals surface area contributed by atoms with Crippen LogP contribution < -0.4 is 0 Å². The molecule has 1 aromatic heterocycles. The molecule has 0 saturated heterocycles. The Hall–Kier alpha value is -1.00. The van der Waals surface area contributed by atoms with E-state index in [9.17, 15) is 9.90 Å². The van der Waals surface area contributed by atoms with E-state index in [1.54, 1.807) is 35.2 Å². The first-order chi connectivity index (χ1) is 6.74. The monoisotopic (exact) mass is 224 g/mol. The average Bonchev–Trinajstić information content (AvgIpc) is 2.58. The van der Waals surface area contributed by atoms with Gasteiger partial charge in [0.25, 0.3) is 0 Å². The van der Waals surface area contributed by atoms with E-state index in [0.29, 0.717) is 11.8 Å². The van der Waals surface area contributed by atoms with Crippen molar-refractivity contribution in [2.75, 3.05) is 6.26 Å². The Morgan fingerprint density at radius 3 is 2.86 bits per heavy atom. The molecule has 0 spiro atoms. The maximum atomic E-state index is 10.6. The highest BCUT2D eigenvalue weighted by Gasteiger charge is 2.06.